The van der Waals surface area contributed by atoms with Gasteiger partial charge in [0.2, 0.25) is 0 Å². The summed E-state index contributed by atoms with van der Waals surface area (Å²) in [6.07, 6.45) is 4.61. The monoisotopic (exact) mass is 332 g/mol. The highest BCUT2D eigenvalue weighted by atomic mass is 35.5. The van der Waals surface area contributed by atoms with Gasteiger partial charge in [0.05, 0.1) is 23.9 Å². The maximum absolute atomic E-state index is 12.1. The van der Waals surface area contributed by atoms with Crippen molar-refractivity contribution in [2.24, 2.45) is 0 Å². The molecule has 1 aromatic carbocycles. The number of aromatic nitrogens is 2. The van der Waals surface area contributed by atoms with Gasteiger partial charge in [0.1, 0.15) is 5.70 Å². The molecule has 0 unspecified atom stereocenters. The lowest BCUT2D eigenvalue weighted by Gasteiger charge is -2.14. The minimum atomic E-state index is -0.476. The molecular formula is C15H13ClN4O3. The van der Waals surface area contributed by atoms with E-state index in [1.165, 1.54) is 6.08 Å². The van der Waals surface area contributed by atoms with Gasteiger partial charge in [0.25, 0.3) is 11.8 Å². The first-order valence-corrected chi connectivity index (χ1v) is 7.23. The van der Waals surface area contributed by atoms with Crippen molar-refractivity contribution in [2.75, 3.05) is 18.5 Å². The molecule has 0 saturated carbocycles. The first-order chi connectivity index (χ1) is 11.1. The molecule has 0 fully saturated rings. The molecule has 0 aliphatic carbocycles. The Kier molecular flexibility index (Phi) is 4.14. The van der Waals surface area contributed by atoms with Crippen LogP contribution in [0.3, 0.4) is 0 Å². The van der Waals surface area contributed by atoms with E-state index in [0.717, 1.165) is 4.90 Å². The lowest BCUT2D eigenvalue weighted by Crippen LogP contribution is -2.34. The summed E-state index contributed by atoms with van der Waals surface area (Å²) in [6, 6.07) is 6.92. The van der Waals surface area contributed by atoms with E-state index < -0.39 is 11.8 Å². The number of amides is 2. The Morgan fingerprint density at radius 1 is 1.30 bits per heavy atom. The fourth-order valence-electron chi connectivity index (χ4n) is 2.25. The second kappa shape index (κ2) is 6.23. The summed E-state index contributed by atoms with van der Waals surface area (Å²) in [7, 11) is 0. The van der Waals surface area contributed by atoms with E-state index in [-0.39, 0.29) is 18.8 Å². The number of benzene rings is 1. The van der Waals surface area contributed by atoms with Crippen molar-refractivity contribution in [3.05, 3.63) is 53.5 Å². The van der Waals surface area contributed by atoms with E-state index in [1.807, 2.05) is 0 Å². The van der Waals surface area contributed by atoms with Crippen LogP contribution in [0.2, 0.25) is 5.02 Å². The van der Waals surface area contributed by atoms with Gasteiger partial charge >= 0.3 is 0 Å². The van der Waals surface area contributed by atoms with Crippen molar-refractivity contribution in [1.29, 1.82) is 0 Å². The highest BCUT2D eigenvalue weighted by Crippen LogP contribution is 2.25. The Morgan fingerprint density at radius 2 is 2.13 bits per heavy atom. The average molecular weight is 333 g/mol. The van der Waals surface area contributed by atoms with E-state index in [0.29, 0.717) is 16.4 Å². The molecule has 0 saturated heterocycles. The summed E-state index contributed by atoms with van der Waals surface area (Å²) in [5.41, 5.74) is 1.42. The van der Waals surface area contributed by atoms with Crippen LogP contribution in [0.4, 0.5) is 5.69 Å². The van der Waals surface area contributed by atoms with Crippen molar-refractivity contribution in [3.8, 4) is 5.69 Å². The second-order valence-electron chi connectivity index (χ2n) is 4.82. The zero-order valence-electron chi connectivity index (χ0n) is 11.9. The van der Waals surface area contributed by atoms with E-state index >= 15 is 0 Å². The topological polar surface area (TPSA) is 87.5 Å². The Bertz CT molecular complexity index is 786. The third-order valence-electron chi connectivity index (χ3n) is 3.31. The molecule has 1 aromatic heterocycles. The molecule has 3 rings (SSSR count). The van der Waals surface area contributed by atoms with Crippen LogP contribution in [0.1, 0.15) is 0 Å². The quantitative estimate of drug-likeness (QED) is 0.803. The standard InChI is InChI=1S/C15H13ClN4O3/c16-11-8-10(2-3-13(11)20-5-1-4-17-20)18-12-9-14(22)19(6-7-21)15(12)23/h1-5,8-9,18,21H,6-7H2. The lowest BCUT2D eigenvalue weighted by molar-refractivity contribution is -0.137. The second-order valence-corrected chi connectivity index (χ2v) is 5.23. The van der Waals surface area contributed by atoms with Crippen LogP contribution in [0.25, 0.3) is 5.69 Å². The largest absolute Gasteiger partial charge is 0.395 e. The Hall–Kier alpha value is -2.64. The van der Waals surface area contributed by atoms with E-state index in [1.54, 1.807) is 41.3 Å². The molecule has 2 heterocycles. The number of nitrogens with zero attached hydrogens (tertiary/aromatic N) is 3. The number of β-amino-alcohol motifs (C(OH)–C–C–N with tert-alkyl or cyclic N) is 1. The molecule has 0 atom stereocenters. The number of hydrogen-bond donors (Lipinski definition) is 2. The number of hydrogen-bond acceptors (Lipinski definition) is 5. The SMILES string of the molecule is O=C1C=C(Nc2ccc(-n3cccn3)c(Cl)c2)C(=O)N1CCO. The number of rotatable bonds is 5. The minimum Gasteiger partial charge on any atom is -0.395 e. The highest BCUT2D eigenvalue weighted by molar-refractivity contribution is 6.32. The van der Waals surface area contributed by atoms with Gasteiger partial charge in [-0.1, -0.05) is 11.6 Å². The van der Waals surface area contributed by atoms with E-state index in [4.69, 9.17) is 16.7 Å². The number of aliphatic hydroxyl groups excluding tert-OH is 1. The van der Waals surface area contributed by atoms with Crippen LogP contribution < -0.4 is 5.32 Å². The molecule has 7 nitrogen and oxygen atoms in total. The van der Waals surface area contributed by atoms with Crippen LogP contribution in [0.5, 0.6) is 0 Å². The van der Waals surface area contributed by atoms with Gasteiger partial charge in [-0.15, -0.1) is 0 Å². The molecule has 2 amide bonds. The maximum Gasteiger partial charge on any atom is 0.277 e. The van der Waals surface area contributed by atoms with E-state index in [2.05, 4.69) is 10.4 Å². The molecule has 0 spiro atoms. The van der Waals surface area contributed by atoms with Crippen molar-refractivity contribution in [3.63, 3.8) is 0 Å². The average Bonchev–Trinajstić information content (AvgIpc) is 3.13. The van der Waals surface area contributed by atoms with Crippen molar-refractivity contribution < 1.29 is 14.7 Å². The smallest absolute Gasteiger partial charge is 0.277 e. The fourth-order valence-corrected chi connectivity index (χ4v) is 2.51. The van der Waals surface area contributed by atoms with Gasteiger partial charge in [-0.05, 0) is 24.3 Å². The molecule has 0 bridgehead atoms. The van der Waals surface area contributed by atoms with E-state index in [9.17, 15) is 9.59 Å². The van der Waals surface area contributed by atoms with Gasteiger partial charge < -0.3 is 10.4 Å². The third kappa shape index (κ3) is 2.96. The summed E-state index contributed by atoms with van der Waals surface area (Å²) >= 11 is 6.23. The number of carbonyl (C=O) groups excluding carboxylic acids is 2. The predicted octanol–water partition coefficient (Wildman–Crippen LogP) is 1.18. The number of aliphatic hydroxyl groups is 1. The number of nitrogens with one attached hydrogen (secondary N) is 1. The molecular weight excluding hydrogens is 320 g/mol. The van der Waals surface area contributed by atoms with Gasteiger partial charge in [-0.3, -0.25) is 14.5 Å². The van der Waals surface area contributed by atoms with Crippen molar-refractivity contribution in [1.82, 2.24) is 14.7 Å². The Balaban J connectivity index is 1.79. The minimum absolute atomic E-state index is 0.0294. The molecule has 2 aromatic rings. The Morgan fingerprint density at radius 3 is 2.78 bits per heavy atom. The van der Waals surface area contributed by atoms with Gasteiger partial charge in [0, 0.05) is 24.2 Å². The molecule has 0 radical (unpaired) electrons. The zero-order valence-corrected chi connectivity index (χ0v) is 12.7. The van der Waals surface area contributed by atoms with Gasteiger partial charge in [0.15, 0.2) is 0 Å². The normalized spacial score (nSPS) is 14.3. The number of anilines is 1. The molecule has 2 N–H and O–H groups in total. The summed E-state index contributed by atoms with van der Waals surface area (Å²) < 4.78 is 1.62. The maximum atomic E-state index is 12.1. The molecule has 118 valence electrons. The molecule has 23 heavy (non-hydrogen) atoms. The van der Waals surface area contributed by atoms with Crippen molar-refractivity contribution in [2.45, 2.75) is 0 Å². The zero-order chi connectivity index (χ0) is 16.4. The molecule has 1 aliphatic rings. The van der Waals surface area contributed by atoms with Crippen molar-refractivity contribution >= 4 is 29.1 Å². The number of imide groups is 1. The van der Waals surface area contributed by atoms with Crippen LogP contribution in [-0.2, 0) is 9.59 Å². The van der Waals surface area contributed by atoms with Crippen LogP contribution in [0, 0.1) is 0 Å². The summed E-state index contributed by atoms with van der Waals surface area (Å²) in [5.74, 6) is -0.929. The molecule has 8 heteroatoms. The fraction of sp³-hybridized carbons (Fsp3) is 0.133. The Labute approximate surface area is 136 Å². The summed E-state index contributed by atoms with van der Waals surface area (Å²) in [5, 5.41) is 16.3. The van der Waals surface area contributed by atoms with Crippen LogP contribution in [0.15, 0.2) is 48.4 Å². The predicted molar refractivity (Wildman–Crippen MR) is 84.1 cm³/mol. The number of carbonyl (C=O) groups is 2. The first-order valence-electron chi connectivity index (χ1n) is 6.85. The van der Waals surface area contributed by atoms with Gasteiger partial charge in [-0.2, -0.15) is 5.10 Å². The van der Waals surface area contributed by atoms with Crippen LogP contribution in [-0.4, -0.2) is 44.8 Å². The van der Waals surface area contributed by atoms with Crippen LogP contribution >= 0.6 is 11.6 Å². The molecule has 1 aliphatic heterocycles. The number of halogens is 1. The summed E-state index contributed by atoms with van der Waals surface area (Å²) in [4.78, 5) is 24.7. The first kappa shape index (κ1) is 15.3. The third-order valence-corrected chi connectivity index (χ3v) is 3.61. The highest BCUT2D eigenvalue weighted by Gasteiger charge is 2.30. The summed E-state index contributed by atoms with van der Waals surface area (Å²) in [6.45, 7) is -0.304. The lowest BCUT2D eigenvalue weighted by atomic mass is 10.2. The van der Waals surface area contributed by atoms with Gasteiger partial charge in [-0.25, -0.2) is 4.68 Å².